The van der Waals surface area contributed by atoms with Crippen molar-refractivity contribution in [3.8, 4) is 0 Å². The maximum absolute atomic E-state index is 12.3. The number of carbonyl (C=O) groups is 5. The number of hydrogen-bond acceptors (Lipinski definition) is 5. The molecule has 0 aromatic carbocycles. The molecule has 2 fully saturated rings. The summed E-state index contributed by atoms with van der Waals surface area (Å²) in [5, 5.41) is 4.57. The molecule has 2 N–H and O–H groups in total. The van der Waals surface area contributed by atoms with Gasteiger partial charge in [0.2, 0.25) is 5.91 Å². The van der Waals surface area contributed by atoms with Crippen molar-refractivity contribution in [2.75, 3.05) is 13.1 Å². The molecule has 0 bridgehead atoms. The molecule has 0 spiro atoms. The number of imide groups is 3. The molecule has 1 saturated carbocycles. The number of nitrogens with one attached hydrogen (secondary N) is 2. The molecular weight excluding hydrogens is 328 g/mol. The van der Waals surface area contributed by atoms with Gasteiger partial charge in [-0.05, 0) is 25.2 Å². The number of amides is 7. The summed E-state index contributed by atoms with van der Waals surface area (Å²) in [6.07, 6.45) is 3.89. The summed E-state index contributed by atoms with van der Waals surface area (Å²) >= 11 is 0. The largest absolute Gasteiger partial charge is 0.338 e. The zero-order valence-electron chi connectivity index (χ0n) is 14.5. The SMILES string of the molecule is CC(C)CCNC(=O)NC(=O)CN1C(=O)C(=O)N(C2CCCC2)C1=O. The second kappa shape index (κ2) is 8.09. The van der Waals surface area contributed by atoms with Crippen molar-refractivity contribution >= 4 is 29.8 Å². The van der Waals surface area contributed by atoms with Crippen molar-refractivity contribution in [3.63, 3.8) is 0 Å². The first-order chi connectivity index (χ1) is 11.8. The minimum absolute atomic E-state index is 0.281. The summed E-state index contributed by atoms with van der Waals surface area (Å²) in [6.45, 7) is 3.77. The Morgan fingerprint density at radius 1 is 1.12 bits per heavy atom. The molecule has 25 heavy (non-hydrogen) atoms. The van der Waals surface area contributed by atoms with Crippen molar-refractivity contribution in [1.29, 1.82) is 0 Å². The highest BCUT2D eigenvalue weighted by molar-refractivity contribution is 6.45. The molecule has 9 heteroatoms. The molecule has 9 nitrogen and oxygen atoms in total. The zero-order chi connectivity index (χ0) is 18.6. The van der Waals surface area contributed by atoms with Gasteiger partial charge in [0.05, 0.1) is 0 Å². The Labute approximate surface area is 146 Å². The minimum Gasteiger partial charge on any atom is -0.338 e. The van der Waals surface area contributed by atoms with Crippen LogP contribution in [-0.2, 0) is 14.4 Å². The standard InChI is InChI=1S/C16H24N4O5/c1-10(2)7-8-17-15(24)18-12(21)9-19-13(22)14(23)20(16(19)25)11-5-3-4-6-11/h10-11H,3-9H2,1-2H3,(H2,17,18,21,24). The van der Waals surface area contributed by atoms with Crippen LogP contribution in [0.5, 0.6) is 0 Å². The molecule has 7 amide bonds. The number of hydrogen-bond donors (Lipinski definition) is 2. The van der Waals surface area contributed by atoms with Gasteiger partial charge in [0.25, 0.3) is 0 Å². The lowest BCUT2D eigenvalue weighted by Crippen LogP contribution is -2.47. The third-order valence-electron chi connectivity index (χ3n) is 4.34. The van der Waals surface area contributed by atoms with Crippen LogP contribution < -0.4 is 10.6 Å². The monoisotopic (exact) mass is 352 g/mol. The van der Waals surface area contributed by atoms with E-state index in [-0.39, 0.29) is 6.04 Å². The minimum atomic E-state index is -1.02. The van der Waals surface area contributed by atoms with E-state index in [0.717, 1.165) is 24.2 Å². The number of carbonyl (C=O) groups excluding carboxylic acids is 5. The molecule has 0 atom stereocenters. The quantitative estimate of drug-likeness (QED) is 0.536. The molecule has 0 unspecified atom stereocenters. The predicted molar refractivity (Wildman–Crippen MR) is 87.2 cm³/mol. The molecule has 0 aromatic heterocycles. The van der Waals surface area contributed by atoms with Crippen LogP contribution in [0.25, 0.3) is 0 Å². The van der Waals surface area contributed by atoms with E-state index in [0.29, 0.717) is 30.2 Å². The van der Waals surface area contributed by atoms with E-state index in [1.807, 2.05) is 13.8 Å². The summed E-state index contributed by atoms with van der Waals surface area (Å²) in [6, 6.07) is -1.75. The van der Waals surface area contributed by atoms with Crippen LogP contribution >= 0.6 is 0 Å². The number of nitrogens with zero attached hydrogens (tertiary/aromatic N) is 2. The van der Waals surface area contributed by atoms with Gasteiger partial charge in [0.15, 0.2) is 0 Å². The Morgan fingerprint density at radius 2 is 1.76 bits per heavy atom. The van der Waals surface area contributed by atoms with Crippen molar-refractivity contribution < 1.29 is 24.0 Å². The van der Waals surface area contributed by atoms with Crippen LogP contribution in [0.15, 0.2) is 0 Å². The zero-order valence-corrected chi connectivity index (χ0v) is 14.5. The normalized spacial score (nSPS) is 18.4. The van der Waals surface area contributed by atoms with Gasteiger partial charge in [-0.2, -0.15) is 0 Å². The lowest BCUT2D eigenvalue weighted by molar-refractivity contribution is -0.144. The van der Waals surface area contributed by atoms with Crippen LogP contribution in [0.1, 0.15) is 46.0 Å². The summed E-state index contributed by atoms with van der Waals surface area (Å²) in [4.78, 5) is 61.4. The van der Waals surface area contributed by atoms with Gasteiger partial charge < -0.3 is 5.32 Å². The fraction of sp³-hybridized carbons (Fsp3) is 0.688. The maximum atomic E-state index is 12.3. The lowest BCUT2D eigenvalue weighted by Gasteiger charge is -2.20. The highest BCUT2D eigenvalue weighted by atomic mass is 16.2. The van der Waals surface area contributed by atoms with Crippen LogP contribution in [0.2, 0.25) is 0 Å². The topological polar surface area (TPSA) is 116 Å². The third kappa shape index (κ3) is 4.55. The summed E-state index contributed by atoms with van der Waals surface area (Å²) in [5.41, 5.74) is 0. The molecule has 1 aliphatic heterocycles. The van der Waals surface area contributed by atoms with E-state index in [4.69, 9.17) is 0 Å². The van der Waals surface area contributed by atoms with Crippen molar-refractivity contribution in [2.45, 2.75) is 52.0 Å². The Morgan fingerprint density at radius 3 is 2.36 bits per heavy atom. The summed E-state index contributed by atoms with van der Waals surface area (Å²) in [5.74, 6) is -2.33. The molecule has 138 valence electrons. The van der Waals surface area contributed by atoms with E-state index in [2.05, 4.69) is 10.6 Å². The highest BCUT2D eigenvalue weighted by Crippen LogP contribution is 2.27. The van der Waals surface area contributed by atoms with Gasteiger partial charge >= 0.3 is 23.9 Å². The van der Waals surface area contributed by atoms with Crippen LogP contribution in [-0.4, -0.2) is 58.7 Å². The first-order valence-corrected chi connectivity index (χ1v) is 8.58. The molecule has 1 aliphatic carbocycles. The van der Waals surface area contributed by atoms with E-state index in [1.54, 1.807) is 0 Å². The van der Waals surface area contributed by atoms with Crippen molar-refractivity contribution in [3.05, 3.63) is 0 Å². The van der Waals surface area contributed by atoms with Gasteiger partial charge in [-0.3, -0.25) is 24.6 Å². The van der Waals surface area contributed by atoms with Crippen LogP contribution in [0.3, 0.4) is 0 Å². The molecular formula is C16H24N4O5. The van der Waals surface area contributed by atoms with Gasteiger partial charge in [-0.1, -0.05) is 26.7 Å². The Kier molecular flexibility index (Phi) is 6.11. The maximum Gasteiger partial charge on any atom is 0.334 e. The van der Waals surface area contributed by atoms with E-state index in [1.165, 1.54) is 0 Å². The van der Waals surface area contributed by atoms with Crippen molar-refractivity contribution in [1.82, 2.24) is 20.4 Å². The smallest absolute Gasteiger partial charge is 0.334 e. The molecule has 2 aliphatic rings. The first-order valence-electron chi connectivity index (χ1n) is 8.58. The van der Waals surface area contributed by atoms with Crippen LogP contribution in [0, 0.1) is 5.92 Å². The Balaban J connectivity index is 1.87. The van der Waals surface area contributed by atoms with Crippen molar-refractivity contribution in [2.24, 2.45) is 5.92 Å². The molecule has 1 heterocycles. The average Bonchev–Trinajstić information content (AvgIpc) is 3.11. The van der Waals surface area contributed by atoms with E-state index < -0.39 is 36.3 Å². The molecule has 0 radical (unpaired) electrons. The lowest BCUT2D eigenvalue weighted by atomic mass is 10.1. The first kappa shape index (κ1) is 18.9. The van der Waals surface area contributed by atoms with Gasteiger partial charge in [0, 0.05) is 12.6 Å². The highest BCUT2D eigenvalue weighted by Gasteiger charge is 2.48. The fourth-order valence-corrected chi connectivity index (χ4v) is 2.97. The van der Waals surface area contributed by atoms with E-state index >= 15 is 0 Å². The van der Waals surface area contributed by atoms with Gasteiger partial charge in [-0.15, -0.1) is 0 Å². The second-order valence-corrected chi connectivity index (χ2v) is 6.77. The predicted octanol–water partition coefficient (Wildman–Crippen LogP) is 0.592. The summed E-state index contributed by atoms with van der Waals surface area (Å²) in [7, 11) is 0. The third-order valence-corrected chi connectivity index (χ3v) is 4.34. The van der Waals surface area contributed by atoms with Crippen LogP contribution in [0.4, 0.5) is 9.59 Å². The average molecular weight is 352 g/mol. The Bertz CT molecular complexity index is 583. The number of urea groups is 2. The molecule has 1 saturated heterocycles. The van der Waals surface area contributed by atoms with E-state index in [9.17, 15) is 24.0 Å². The second-order valence-electron chi connectivity index (χ2n) is 6.77. The molecule has 2 rings (SSSR count). The fourth-order valence-electron chi connectivity index (χ4n) is 2.97. The number of rotatable bonds is 6. The van der Waals surface area contributed by atoms with Gasteiger partial charge in [0.1, 0.15) is 6.54 Å². The molecule has 0 aromatic rings. The Hall–Kier alpha value is -2.45. The van der Waals surface area contributed by atoms with Gasteiger partial charge in [-0.25, -0.2) is 14.5 Å². The summed E-state index contributed by atoms with van der Waals surface area (Å²) < 4.78 is 0.